The summed E-state index contributed by atoms with van der Waals surface area (Å²) in [7, 11) is 0. The number of amides is 1. The van der Waals surface area contributed by atoms with E-state index in [2.05, 4.69) is 5.32 Å². The van der Waals surface area contributed by atoms with Crippen LogP contribution in [-0.4, -0.2) is 25.7 Å². The van der Waals surface area contributed by atoms with Gasteiger partial charge in [0, 0.05) is 12.0 Å². The van der Waals surface area contributed by atoms with E-state index in [9.17, 15) is 4.79 Å². The lowest BCUT2D eigenvalue weighted by Crippen LogP contribution is -2.35. The molecule has 1 unspecified atom stereocenters. The highest BCUT2D eigenvalue weighted by Gasteiger charge is 2.22. The zero-order chi connectivity index (χ0) is 16.8. The first-order valence-electron chi connectivity index (χ1n) is 8.13. The normalized spacial score (nSPS) is 15.8. The maximum Gasteiger partial charge on any atom is 0.258 e. The van der Waals surface area contributed by atoms with Crippen LogP contribution < -0.4 is 19.5 Å². The number of fused-ring (bicyclic) bond motifs is 1. The molecule has 0 aromatic heterocycles. The Labute approximate surface area is 141 Å². The van der Waals surface area contributed by atoms with Gasteiger partial charge >= 0.3 is 0 Å². The first-order valence-corrected chi connectivity index (χ1v) is 8.13. The largest absolute Gasteiger partial charge is 0.494 e. The van der Waals surface area contributed by atoms with Crippen LogP contribution in [0, 0.1) is 0 Å². The number of nitrogens with one attached hydrogen (secondary N) is 1. The lowest BCUT2D eigenvalue weighted by atomic mass is 10.0. The first-order chi connectivity index (χ1) is 11.8. The van der Waals surface area contributed by atoms with Gasteiger partial charge in [-0.15, -0.1) is 0 Å². The zero-order valence-electron chi connectivity index (χ0n) is 13.7. The van der Waals surface area contributed by atoms with Crippen LogP contribution in [0.4, 0.5) is 0 Å². The molecule has 0 aliphatic carbocycles. The quantitative estimate of drug-likeness (QED) is 0.886. The van der Waals surface area contributed by atoms with Gasteiger partial charge in [-0.3, -0.25) is 4.79 Å². The van der Waals surface area contributed by atoms with Gasteiger partial charge in [0.25, 0.3) is 5.91 Å². The van der Waals surface area contributed by atoms with Crippen molar-refractivity contribution in [3.63, 3.8) is 0 Å². The fraction of sp³-hybridized carbons (Fsp3) is 0.316. The van der Waals surface area contributed by atoms with Crippen LogP contribution in [0.5, 0.6) is 17.2 Å². The average molecular weight is 327 g/mol. The van der Waals surface area contributed by atoms with E-state index in [0.717, 1.165) is 23.5 Å². The molecule has 1 amide bonds. The summed E-state index contributed by atoms with van der Waals surface area (Å²) < 4.78 is 16.5. The minimum Gasteiger partial charge on any atom is -0.494 e. The molecule has 1 heterocycles. The van der Waals surface area contributed by atoms with Gasteiger partial charge in [0.15, 0.2) is 6.61 Å². The van der Waals surface area contributed by atoms with E-state index in [1.54, 1.807) is 12.1 Å². The van der Waals surface area contributed by atoms with Gasteiger partial charge in [0.1, 0.15) is 17.2 Å². The summed E-state index contributed by atoms with van der Waals surface area (Å²) in [6.45, 7) is 3.13. The van der Waals surface area contributed by atoms with Gasteiger partial charge in [-0.1, -0.05) is 18.2 Å². The van der Waals surface area contributed by atoms with Gasteiger partial charge < -0.3 is 19.5 Å². The molecule has 0 spiro atoms. The van der Waals surface area contributed by atoms with Crippen molar-refractivity contribution in [3.8, 4) is 17.2 Å². The first kappa shape index (κ1) is 16.2. The summed E-state index contributed by atoms with van der Waals surface area (Å²) >= 11 is 0. The molecule has 5 heteroatoms. The molecular weight excluding hydrogens is 306 g/mol. The Bertz CT molecular complexity index is 684. The van der Waals surface area contributed by atoms with Crippen molar-refractivity contribution in [1.82, 2.24) is 5.32 Å². The molecule has 126 valence electrons. The van der Waals surface area contributed by atoms with Crippen LogP contribution in [0.2, 0.25) is 0 Å². The Hall–Kier alpha value is -2.69. The molecule has 0 saturated heterocycles. The molecule has 1 aliphatic rings. The highest BCUT2D eigenvalue weighted by atomic mass is 16.5. The van der Waals surface area contributed by atoms with Crippen LogP contribution in [0.25, 0.3) is 0 Å². The van der Waals surface area contributed by atoms with Crippen molar-refractivity contribution in [1.29, 1.82) is 0 Å². The van der Waals surface area contributed by atoms with E-state index in [0.29, 0.717) is 19.0 Å². The third-order valence-electron chi connectivity index (χ3n) is 3.80. The number of rotatable bonds is 6. The highest BCUT2D eigenvalue weighted by Crippen LogP contribution is 2.31. The summed E-state index contributed by atoms with van der Waals surface area (Å²) in [5.74, 6) is 2.11. The Kier molecular flexibility index (Phi) is 5.21. The maximum absolute atomic E-state index is 12.2. The van der Waals surface area contributed by atoms with Gasteiger partial charge in [-0.05, 0) is 37.3 Å². The van der Waals surface area contributed by atoms with Crippen LogP contribution in [-0.2, 0) is 4.79 Å². The smallest absolute Gasteiger partial charge is 0.258 e. The Morgan fingerprint density at radius 2 is 1.83 bits per heavy atom. The summed E-state index contributed by atoms with van der Waals surface area (Å²) in [5, 5.41) is 3.01. The molecule has 0 radical (unpaired) electrons. The van der Waals surface area contributed by atoms with Crippen molar-refractivity contribution >= 4 is 5.91 Å². The SMILES string of the molecule is CCOc1ccc(OCC(=O)NC2CCOc3ccccc32)cc1. The third kappa shape index (κ3) is 3.98. The van der Waals surface area contributed by atoms with Gasteiger partial charge in [-0.25, -0.2) is 0 Å². The molecule has 3 rings (SSSR count). The number of hydrogen-bond acceptors (Lipinski definition) is 4. The minimum absolute atomic E-state index is 0.0203. The molecule has 0 saturated carbocycles. The van der Waals surface area contributed by atoms with E-state index >= 15 is 0 Å². The Morgan fingerprint density at radius 1 is 1.12 bits per heavy atom. The van der Waals surface area contributed by atoms with Crippen molar-refractivity contribution in [2.24, 2.45) is 0 Å². The average Bonchev–Trinajstić information content (AvgIpc) is 2.62. The lowest BCUT2D eigenvalue weighted by molar-refractivity contribution is -0.124. The summed E-state index contributed by atoms with van der Waals surface area (Å²) in [6, 6.07) is 15.0. The predicted octanol–water partition coefficient (Wildman–Crippen LogP) is 3.10. The maximum atomic E-state index is 12.2. The summed E-state index contributed by atoms with van der Waals surface area (Å²) in [5.41, 5.74) is 1.01. The number of hydrogen-bond donors (Lipinski definition) is 1. The second-order valence-corrected chi connectivity index (χ2v) is 5.49. The van der Waals surface area contributed by atoms with Crippen molar-refractivity contribution in [2.75, 3.05) is 19.8 Å². The van der Waals surface area contributed by atoms with Crippen LogP contribution in [0.1, 0.15) is 24.9 Å². The van der Waals surface area contributed by atoms with Crippen molar-refractivity contribution < 1.29 is 19.0 Å². The number of carbonyl (C=O) groups is 1. The number of ether oxygens (including phenoxy) is 3. The standard InChI is InChI=1S/C19H21NO4/c1-2-22-14-7-9-15(10-8-14)24-13-19(21)20-17-11-12-23-18-6-4-3-5-16(17)18/h3-10,17H,2,11-13H2,1H3,(H,20,21). The number of para-hydroxylation sites is 1. The molecule has 0 bridgehead atoms. The Balaban J connectivity index is 1.53. The lowest BCUT2D eigenvalue weighted by Gasteiger charge is -2.26. The van der Waals surface area contributed by atoms with E-state index in [4.69, 9.17) is 14.2 Å². The van der Waals surface area contributed by atoms with Crippen molar-refractivity contribution in [3.05, 3.63) is 54.1 Å². The molecule has 2 aromatic carbocycles. The molecule has 1 N–H and O–H groups in total. The van der Waals surface area contributed by atoms with E-state index in [1.807, 2.05) is 43.3 Å². The van der Waals surface area contributed by atoms with Crippen LogP contribution in [0.3, 0.4) is 0 Å². The molecule has 0 fully saturated rings. The van der Waals surface area contributed by atoms with E-state index in [1.165, 1.54) is 0 Å². The number of benzene rings is 2. The topological polar surface area (TPSA) is 56.8 Å². The molecule has 1 atom stereocenters. The summed E-state index contributed by atoms with van der Waals surface area (Å²) in [6.07, 6.45) is 0.756. The third-order valence-corrected chi connectivity index (χ3v) is 3.80. The van der Waals surface area contributed by atoms with Gasteiger partial charge in [0.05, 0.1) is 19.3 Å². The molecular formula is C19H21NO4. The number of carbonyl (C=O) groups excluding carboxylic acids is 1. The zero-order valence-corrected chi connectivity index (χ0v) is 13.7. The molecule has 2 aromatic rings. The highest BCUT2D eigenvalue weighted by molar-refractivity contribution is 5.78. The molecule has 5 nitrogen and oxygen atoms in total. The van der Waals surface area contributed by atoms with Crippen LogP contribution in [0.15, 0.2) is 48.5 Å². The van der Waals surface area contributed by atoms with E-state index in [-0.39, 0.29) is 18.6 Å². The van der Waals surface area contributed by atoms with Crippen LogP contribution >= 0.6 is 0 Å². The van der Waals surface area contributed by atoms with E-state index < -0.39 is 0 Å². The predicted molar refractivity (Wildman–Crippen MR) is 90.5 cm³/mol. The Morgan fingerprint density at radius 3 is 2.58 bits per heavy atom. The minimum atomic E-state index is -0.148. The molecule has 24 heavy (non-hydrogen) atoms. The molecule has 1 aliphatic heterocycles. The van der Waals surface area contributed by atoms with Crippen molar-refractivity contribution in [2.45, 2.75) is 19.4 Å². The monoisotopic (exact) mass is 327 g/mol. The second-order valence-electron chi connectivity index (χ2n) is 5.49. The summed E-state index contributed by atoms with van der Waals surface area (Å²) in [4.78, 5) is 12.2. The fourth-order valence-electron chi connectivity index (χ4n) is 2.68. The van der Waals surface area contributed by atoms with Gasteiger partial charge in [0.2, 0.25) is 0 Å². The van der Waals surface area contributed by atoms with Gasteiger partial charge in [-0.2, -0.15) is 0 Å². The fourth-order valence-corrected chi connectivity index (χ4v) is 2.68. The second kappa shape index (κ2) is 7.73.